The van der Waals surface area contributed by atoms with Gasteiger partial charge in [-0.15, -0.1) is 0 Å². The maximum absolute atomic E-state index is 10.0. The number of hydrogen-bond acceptors (Lipinski definition) is 3. The summed E-state index contributed by atoms with van der Waals surface area (Å²) < 4.78 is 5.72. The van der Waals surface area contributed by atoms with E-state index in [1.165, 1.54) is 0 Å². The summed E-state index contributed by atoms with van der Waals surface area (Å²) in [6.45, 7) is 0. The Kier molecular flexibility index (Phi) is 3.31. The molecule has 19 heavy (non-hydrogen) atoms. The van der Waals surface area contributed by atoms with E-state index in [1.807, 2.05) is 36.4 Å². The van der Waals surface area contributed by atoms with Gasteiger partial charge in [-0.1, -0.05) is 40.2 Å². The second-order valence-electron chi connectivity index (χ2n) is 4.52. The summed E-state index contributed by atoms with van der Waals surface area (Å²) in [5.41, 5.74) is 2.29. The minimum Gasteiger partial charge on any atom is -0.456 e. The van der Waals surface area contributed by atoms with E-state index in [9.17, 15) is 10.2 Å². The van der Waals surface area contributed by atoms with Gasteiger partial charge in [-0.05, 0) is 23.8 Å². The first kappa shape index (κ1) is 12.7. The molecule has 0 saturated carbocycles. The van der Waals surface area contributed by atoms with Gasteiger partial charge in [0.1, 0.15) is 17.3 Å². The van der Waals surface area contributed by atoms with Crippen molar-refractivity contribution in [2.75, 3.05) is 5.33 Å². The first-order chi connectivity index (χ1) is 9.20. The molecule has 2 aromatic carbocycles. The van der Waals surface area contributed by atoms with Crippen molar-refractivity contribution >= 4 is 37.9 Å². The molecule has 1 heterocycles. The predicted molar refractivity (Wildman–Crippen MR) is 78.5 cm³/mol. The molecule has 0 fully saturated rings. The monoisotopic (exact) mass is 320 g/mol. The lowest BCUT2D eigenvalue weighted by Gasteiger charge is -2.15. The average molecular weight is 321 g/mol. The minimum absolute atomic E-state index is 0.332. The molecule has 0 aliphatic heterocycles. The van der Waals surface area contributed by atoms with Gasteiger partial charge in [0.05, 0.1) is 6.10 Å². The van der Waals surface area contributed by atoms with Gasteiger partial charge in [-0.3, -0.25) is 0 Å². The summed E-state index contributed by atoms with van der Waals surface area (Å²) in [4.78, 5) is 0. The van der Waals surface area contributed by atoms with E-state index in [0.717, 1.165) is 21.9 Å². The average Bonchev–Trinajstić information content (AvgIpc) is 2.83. The first-order valence-corrected chi connectivity index (χ1v) is 7.16. The van der Waals surface area contributed by atoms with Gasteiger partial charge in [0, 0.05) is 16.1 Å². The highest BCUT2D eigenvalue weighted by atomic mass is 79.9. The molecule has 3 rings (SSSR count). The molecule has 3 nitrogen and oxygen atoms in total. The number of alkyl halides is 1. The van der Waals surface area contributed by atoms with Gasteiger partial charge < -0.3 is 14.6 Å². The van der Waals surface area contributed by atoms with Gasteiger partial charge in [0.2, 0.25) is 0 Å². The second-order valence-corrected chi connectivity index (χ2v) is 5.17. The molecule has 2 N–H and O–H groups in total. The van der Waals surface area contributed by atoms with Crippen LogP contribution in [0.5, 0.6) is 0 Å². The first-order valence-electron chi connectivity index (χ1n) is 6.04. The maximum Gasteiger partial charge on any atom is 0.135 e. The Balaban J connectivity index is 2.16. The lowest BCUT2D eigenvalue weighted by Crippen LogP contribution is -2.19. The van der Waals surface area contributed by atoms with E-state index < -0.39 is 12.2 Å². The molecule has 2 atom stereocenters. The predicted octanol–water partition coefficient (Wildman–Crippen LogP) is 3.38. The van der Waals surface area contributed by atoms with E-state index >= 15 is 0 Å². The Bertz CT molecular complexity index is 720. The van der Waals surface area contributed by atoms with Gasteiger partial charge in [-0.25, -0.2) is 0 Å². The Morgan fingerprint density at radius 2 is 1.74 bits per heavy atom. The van der Waals surface area contributed by atoms with Crippen LogP contribution in [0.4, 0.5) is 0 Å². The zero-order valence-electron chi connectivity index (χ0n) is 10.1. The molecule has 0 bridgehead atoms. The van der Waals surface area contributed by atoms with Gasteiger partial charge in [0.15, 0.2) is 0 Å². The fourth-order valence-electron chi connectivity index (χ4n) is 2.23. The third-order valence-corrected chi connectivity index (χ3v) is 3.93. The quantitative estimate of drug-likeness (QED) is 0.727. The molecule has 0 aliphatic carbocycles. The molecule has 98 valence electrons. The van der Waals surface area contributed by atoms with Crippen molar-refractivity contribution in [3.63, 3.8) is 0 Å². The van der Waals surface area contributed by atoms with Crippen molar-refractivity contribution in [3.8, 4) is 0 Å². The Hall–Kier alpha value is -1.36. The summed E-state index contributed by atoms with van der Waals surface area (Å²) in [7, 11) is 0. The van der Waals surface area contributed by atoms with Gasteiger partial charge in [-0.2, -0.15) is 0 Å². The third-order valence-electron chi connectivity index (χ3n) is 3.26. The molecule has 3 aromatic rings. The maximum atomic E-state index is 10.0. The number of halogens is 1. The smallest absolute Gasteiger partial charge is 0.135 e. The zero-order chi connectivity index (χ0) is 13.4. The number of aliphatic hydroxyl groups excluding tert-OH is 2. The number of fused-ring (bicyclic) bond motifs is 3. The van der Waals surface area contributed by atoms with Crippen LogP contribution in [0, 0.1) is 0 Å². The van der Waals surface area contributed by atoms with Crippen molar-refractivity contribution < 1.29 is 14.6 Å². The lowest BCUT2D eigenvalue weighted by atomic mass is 10.0. The largest absolute Gasteiger partial charge is 0.456 e. The third kappa shape index (κ3) is 2.16. The number of para-hydroxylation sites is 1. The Labute approximate surface area is 118 Å². The van der Waals surface area contributed by atoms with Crippen molar-refractivity contribution in [2.24, 2.45) is 0 Å². The number of rotatable bonds is 3. The van der Waals surface area contributed by atoms with Crippen molar-refractivity contribution in [1.82, 2.24) is 0 Å². The van der Waals surface area contributed by atoms with E-state index in [2.05, 4.69) is 15.9 Å². The highest BCUT2D eigenvalue weighted by Gasteiger charge is 2.18. The summed E-state index contributed by atoms with van der Waals surface area (Å²) >= 11 is 3.17. The van der Waals surface area contributed by atoms with Crippen LogP contribution < -0.4 is 0 Å². The molecular weight excluding hydrogens is 308 g/mol. The number of furan rings is 1. The van der Waals surface area contributed by atoms with Gasteiger partial charge >= 0.3 is 0 Å². The normalized spacial score (nSPS) is 14.9. The van der Waals surface area contributed by atoms with Crippen LogP contribution in [0.15, 0.2) is 46.9 Å². The fraction of sp³-hybridized carbons (Fsp3) is 0.200. The molecule has 2 unspecified atom stereocenters. The minimum atomic E-state index is -0.905. The summed E-state index contributed by atoms with van der Waals surface area (Å²) in [6, 6.07) is 13.3. The van der Waals surface area contributed by atoms with Gasteiger partial charge in [0.25, 0.3) is 0 Å². The zero-order valence-corrected chi connectivity index (χ0v) is 11.7. The second kappa shape index (κ2) is 4.96. The highest BCUT2D eigenvalue weighted by molar-refractivity contribution is 9.09. The van der Waals surface area contributed by atoms with E-state index in [1.54, 1.807) is 6.07 Å². The molecule has 0 radical (unpaired) electrons. The highest BCUT2D eigenvalue weighted by Crippen LogP contribution is 2.31. The van der Waals surface area contributed by atoms with Crippen LogP contribution in [0.25, 0.3) is 21.9 Å². The molecule has 0 aliphatic rings. The van der Waals surface area contributed by atoms with Crippen molar-refractivity contribution in [1.29, 1.82) is 0 Å². The molecule has 0 amide bonds. The Morgan fingerprint density at radius 3 is 2.53 bits per heavy atom. The van der Waals surface area contributed by atoms with Crippen LogP contribution in [0.3, 0.4) is 0 Å². The SMILES string of the molecule is OC(CBr)C(O)c1ccc2oc3ccccc3c2c1. The van der Waals surface area contributed by atoms with E-state index in [-0.39, 0.29) is 0 Å². The van der Waals surface area contributed by atoms with Crippen molar-refractivity contribution in [3.05, 3.63) is 48.0 Å². The van der Waals surface area contributed by atoms with Crippen molar-refractivity contribution in [2.45, 2.75) is 12.2 Å². The Morgan fingerprint density at radius 1 is 1.00 bits per heavy atom. The number of benzene rings is 2. The number of hydrogen-bond donors (Lipinski definition) is 2. The molecule has 0 spiro atoms. The molecule has 0 saturated heterocycles. The van der Waals surface area contributed by atoms with Crippen LogP contribution in [-0.2, 0) is 0 Å². The molecular formula is C15H13BrO3. The standard InChI is InChI=1S/C15H13BrO3/c16-8-12(17)15(18)9-5-6-14-11(7-9)10-3-1-2-4-13(10)19-14/h1-7,12,15,17-18H,8H2. The van der Waals surface area contributed by atoms with E-state index in [0.29, 0.717) is 10.9 Å². The summed E-state index contributed by atoms with van der Waals surface area (Å²) in [5, 5.41) is 22.0. The lowest BCUT2D eigenvalue weighted by molar-refractivity contribution is 0.0343. The van der Waals surface area contributed by atoms with Crippen LogP contribution in [0.1, 0.15) is 11.7 Å². The van der Waals surface area contributed by atoms with Crippen LogP contribution in [-0.4, -0.2) is 21.6 Å². The fourth-order valence-corrected chi connectivity index (χ4v) is 2.59. The van der Waals surface area contributed by atoms with Crippen LogP contribution in [0.2, 0.25) is 0 Å². The van der Waals surface area contributed by atoms with E-state index in [4.69, 9.17) is 4.42 Å². The summed E-state index contributed by atoms with van der Waals surface area (Å²) in [5.74, 6) is 0. The summed E-state index contributed by atoms with van der Waals surface area (Å²) in [6.07, 6.45) is -1.73. The topological polar surface area (TPSA) is 53.6 Å². The molecule has 1 aromatic heterocycles. The number of aliphatic hydroxyl groups is 2. The molecule has 4 heteroatoms. The van der Waals surface area contributed by atoms with Crippen LogP contribution >= 0.6 is 15.9 Å².